The molecule has 2 fully saturated rings. The van der Waals surface area contributed by atoms with E-state index < -0.39 is 0 Å². The van der Waals surface area contributed by atoms with Crippen LogP contribution < -0.4 is 5.32 Å². The third-order valence-corrected chi connectivity index (χ3v) is 4.42. The predicted octanol–water partition coefficient (Wildman–Crippen LogP) is 2.82. The number of nitrogens with zero attached hydrogens (tertiary/aromatic N) is 1. The second kappa shape index (κ2) is 5.41. The summed E-state index contributed by atoms with van der Waals surface area (Å²) in [7, 11) is 0. The van der Waals surface area contributed by atoms with Crippen molar-refractivity contribution in [3.8, 4) is 0 Å². The summed E-state index contributed by atoms with van der Waals surface area (Å²) in [5, 5.41) is 3.67. The van der Waals surface area contributed by atoms with Crippen molar-refractivity contribution in [3.05, 3.63) is 35.9 Å². The van der Waals surface area contributed by atoms with Crippen LogP contribution in [-0.2, 0) is 0 Å². The SMILES string of the molecule is CC(c1ccccc1)N1CCC(CNC2CC2)C1. The molecule has 2 aliphatic rings. The van der Waals surface area contributed by atoms with Crippen molar-refractivity contribution in [2.45, 2.75) is 38.3 Å². The van der Waals surface area contributed by atoms with Gasteiger partial charge >= 0.3 is 0 Å². The number of benzene rings is 1. The Morgan fingerprint density at radius 2 is 2.00 bits per heavy atom. The van der Waals surface area contributed by atoms with E-state index in [1.165, 1.54) is 44.5 Å². The van der Waals surface area contributed by atoms with Crippen LogP contribution in [0, 0.1) is 5.92 Å². The lowest BCUT2D eigenvalue weighted by molar-refractivity contribution is 0.251. The minimum absolute atomic E-state index is 0.567. The average molecular weight is 244 g/mol. The highest BCUT2D eigenvalue weighted by Gasteiger charge is 2.28. The lowest BCUT2D eigenvalue weighted by Crippen LogP contribution is -2.29. The Balaban J connectivity index is 1.51. The normalized spacial score (nSPS) is 26.4. The van der Waals surface area contributed by atoms with Gasteiger partial charge in [-0.05, 0) is 50.8 Å². The zero-order valence-electron chi connectivity index (χ0n) is 11.3. The summed E-state index contributed by atoms with van der Waals surface area (Å²) in [5.74, 6) is 0.858. The molecule has 0 aromatic heterocycles. The zero-order chi connectivity index (χ0) is 12.4. The largest absolute Gasteiger partial charge is 0.314 e. The molecular formula is C16H24N2. The van der Waals surface area contributed by atoms with Gasteiger partial charge in [-0.25, -0.2) is 0 Å². The fourth-order valence-electron chi connectivity index (χ4n) is 2.94. The van der Waals surface area contributed by atoms with Gasteiger partial charge in [-0.1, -0.05) is 30.3 Å². The summed E-state index contributed by atoms with van der Waals surface area (Å²) >= 11 is 0. The van der Waals surface area contributed by atoms with Gasteiger partial charge in [0.25, 0.3) is 0 Å². The Hall–Kier alpha value is -0.860. The highest BCUT2D eigenvalue weighted by atomic mass is 15.2. The standard InChI is InChI=1S/C16H24N2/c1-13(15-5-3-2-4-6-15)18-10-9-14(12-18)11-17-16-7-8-16/h2-6,13-14,16-17H,7-12H2,1H3. The van der Waals surface area contributed by atoms with E-state index in [0.29, 0.717) is 6.04 Å². The van der Waals surface area contributed by atoms with Crippen LogP contribution in [-0.4, -0.2) is 30.6 Å². The van der Waals surface area contributed by atoms with Gasteiger partial charge in [0, 0.05) is 18.6 Å². The highest BCUT2D eigenvalue weighted by Crippen LogP contribution is 2.27. The number of likely N-dealkylation sites (tertiary alicyclic amines) is 1. The molecule has 0 bridgehead atoms. The van der Waals surface area contributed by atoms with Crippen molar-refractivity contribution < 1.29 is 0 Å². The minimum atomic E-state index is 0.567. The summed E-state index contributed by atoms with van der Waals surface area (Å²) < 4.78 is 0. The van der Waals surface area contributed by atoms with Crippen LogP contribution >= 0.6 is 0 Å². The fraction of sp³-hybridized carbons (Fsp3) is 0.625. The van der Waals surface area contributed by atoms with E-state index in [1.807, 2.05) is 0 Å². The van der Waals surface area contributed by atoms with Crippen LogP contribution in [0.1, 0.15) is 37.8 Å². The van der Waals surface area contributed by atoms with Gasteiger partial charge in [0.1, 0.15) is 0 Å². The predicted molar refractivity (Wildman–Crippen MR) is 75.6 cm³/mol. The van der Waals surface area contributed by atoms with Crippen LogP contribution in [0.5, 0.6) is 0 Å². The first-order valence-electron chi connectivity index (χ1n) is 7.35. The lowest BCUT2D eigenvalue weighted by atomic mass is 10.1. The molecule has 1 aromatic rings. The number of hydrogen-bond donors (Lipinski definition) is 1. The fourth-order valence-corrected chi connectivity index (χ4v) is 2.94. The molecule has 1 saturated carbocycles. The molecule has 1 heterocycles. The first kappa shape index (κ1) is 12.2. The van der Waals surface area contributed by atoms with Gasteiger partial charge in [0.15, 0.2) is 0 Å². The molecule has 1 N–H and O–H groups in total. The molecule has 2 unspecified atom stereocenters. The smallest absolute Gasteiger partial charge is 0.0320 e. The summed E-state index contributed by atoms with van der Waals surface area (Å²) in [6, 6.07) is 12.3. The maximum atomic E-state index is 3.67. The van der Waals surface area contributed by atoms with E-state index in [1.54, 1.807) is 0 Å². The summed E-state index contributed by atoms with van der Waals surface area (Å²) in [5.41, 5.74) is 1.45. The maximum Gasteiger partial charge on any atom is 0.0320 e. The van der Waals surface area contributed by atoms with Crippen molar-refractivity contribution in [2.75, 3.05) is 19.6 Å². The first-order valence-corrected chi connectivity index (χ1v) is 7.35. The molecule has 2 nitrogen and oxygen atoms in total. The molecule has 0 spiro atoms. The molecule has 1 aliphatic heterocycles. The van der Waals surface area contributed by atoms with Gasteiger partial charge in [0.2, 0.25) is 0 Å². The summed E-state index contributed by atoms with van der Waals surface area (Å²) in [4.78, 5) is 2.63. The lowest BCUT2D eigenvalue weighted by Gasteiger charge is -2.24. The molecule has 18 heavy (non-hydrogen) atoms. The van der Waals surface area contributed by atoms with Crippen LogP contribution in [0.3, 0.4) is 0 Å². The molecule has 98 valence electrons. The van der Waals surface area contributed by atoms with Crippen molar-refractivity contribution >= 4 is 0 Å². The highest BCUT2D eigenvalue weighted by molar-refractivity contribution is 5.18. The molecule has 2 atom stereocenters. The average Bonchev–Trinajstić information content (AvgIpc) is 3.14. The van der Waals surface area contributed by atoms with Crippen LogP contribution in [0.25, 0.3) is 0 Å². The van der Waals surface area contributed by atoms with Crippen LogP contribution in [0.15, 0.2) is 30.3 Å². The first-order chi connectivity index (χ1) is 8.83. The third kappa shape index (κ3) is 2.93. The topological polar surface area (TPSA) is 15.3 Å². The second-order valence-corrected chi connectivity index (χ2v) is 5.92. The van der Waals surface area contributed by atoms with Crippen molar-refractivity contribution in [3.63, 3.8) is 0 Å². The second-order valence-electron chi connectivity index (χ2n) is 5.92. The van der Waals surface area contributed by atoms with Crippen molar-refractivity contribution in [1.29, 1.82) is 0 Å². The summed E-state index contributed by atoms with van der Waals surface area (Å²) in [6.45, 7) is 6.08. The molecule has 1 aliphatic carbocycles. The van der Waals surface area contributed by atoms with Gasteiger partial charge in [-0.3, -0.25) is 4.90 Å². The van der Waals surface area contributed by atoms with Crippen molar-refractivity contribution in [2.24, 2.45) is 5.92 Å². The molecule has 3 rings (SSSR count). The number of nitrogens with one attached hydrogen (secondary N) is 1. The third-order valence-electron chi connectivity index (χ3n) is 4.42. The number of hydrogen-bond acceptors (Lipinski definition) is 2. The maximum absolute atomic E-state index is 3.67. The van der Waals surface area contributed by atoms with E-state index in [0.717, 1.165) is 12.0 Å². The molecule has 1 saturated heterocycles. The zero-order valence-corrected chi connectivity index (χ0v) is 11.3. The van der Waals surface area contributed by atoms with Gasteiger partial charge < -0.3 is 5.32 Å². The Bertz CT molecular complexity index is 372. The van der Waals surface area contributed by atoms with E-state index in [-0.39, 0.29) is 0 Å². The van der Waals surface area contributed by atoms with E-state index in [4.69, 9.17) is 0 Å². The molecule has 1 aromatic carbocycles. The summed E-state index contributed by atoms with van der Waals surface area (Å²) in [6.07, 6.45) is 4.16. The Kier molecular flexibility index (Phi) is 3.67. The van der Waals surface area contributed by atoms with Gasteiger partial charge in [0.05, 0.1) is 0 Å². The minimum Gasteiger partial charge on any atom is -0.314 e. The Morgan fingerprint density at radius 3 is 2.72 bits per heavy atom. The van der Waals surface area contributed by atoms with Crippen LogP contribution in [0.2, 0.25) is 0 Å². The van der Waals surface area contributed by atoms with Gasteiger partial charge in [-0.2, -0.15) is 0 Å². The number of rotatable bonds is 5. The molecule has 0 radical (unpaired) electrons. The van der Waals surface area contributed by atoms with E-state index in [9.17, 15) is 0 Å². The molecule has 0 amide bonds. The molecule has 2 heteroatoms. The Morgan fingerprint density at radius 1 is 1.22 bits per heavy atom. The van der Waals surface area contributed by atoms with Crippen molar-refractivity contribution in [1.82, 2.24) is 10.2 Å². The van der Waals surface area contributed by atoms with E-state index >= 15 is 0 Å². The quantitative estimate of drug-likeness (QED) is 0.857. The van der Waals surface area contributed by atoms with Gasteiger partial charge in [-0.15, -0.1) is 0 Å². The molecular weight excluding hydrogens is 220 g/mol. The van der Waals surface area contributed by atoms with E-state index in [2.05, 4.69) is 47.5 Å². The Labute approximate surface area is 110 Å². The van der Waals surface area contributed by atoms with Crippen LogP contribution in [0.4, 0.5) is 0 Å². The monoisotopic (exact) mass is 244 g/mol.